The van der Waals surface area contributed by atoms with Crippen molar-refractivity contribution in [2.45, 2.75) is 19.8 Å². The van der Waals surface area contributed by atoms with E-state index in [0.717, 1.165) is 11.1 Å². The Kier molecular flexibility index (Phi) is 6.09. The number of unbranched alkanes of at least 4 members (excludes halogenated alkanes) is 1. The maximum absolute atomic E-state index is 11.8. The number of nitriles is 1. The molecule has 0 N–H and O–H groups in total. The highest BCUT2D eigenvalue weighted by Crippen LogP contribution is 2.23. The van der Waals surface area contributed by atoms with Crippen molar-refractivity contribution in [3.05, 3.63) is 54.1 Å². The van der Waals surface area contributed by atoms with Gasteiger partial charge < -0.3 is 9.47 Å². The topological polar surface area (TPSA) is 76.4 Å². The predicted molar refractivity (Wildman–Crippen MR) is 88.3 cm³/mol. The highest BCUT2D eigenvalue weighted by Gasteiger charge is 2.07. The van der Waals surface area contributed by atoms with Crippen LogP contribution >= 0.6 is 0 Å². The molecule has 0 heterocycles. The number of rotatable bonds is 6. The van der Waals surface area contributed by atoms with Gasteiger partial charge in [-0.2, -0.15) is 5.26 Å². The summed E-state index contributed by atoms with van der Waals surface area (Å²) in [7, 11) is 0. The second-order valence-corrected chi connectivity index (χ2v) is 5.09. The highest BCUT2D eigenvalue weighted by molar-refractivity contribution is 5.90. The third kappa shape index (κ3) is 4.96. The third-order valence-electron chi connectivity index (χ3n) is 3.24. The molecular weight excluding hydrogens is 306 g/mol. The van der Waals surface area contributed by atoms with Crippen molar-refractivity contribution in [1.29, 1.82) is 5.26 Å². The van der Waals surface area contributed by atoms with Crippen molar-refractivity contribution in [2.24, 2.45) is 0 Å². The zero-order chi connectivity index (χ0) is 17.4. The largest absolute Gasteiger partial charge is 0.462 e. The van der Waals surface area contributed by atoms with E-state index in [4.69, 9.17) is 14.7 Å². The Morgan fingerprint density at radius 2 is 1.58 bits per heavy atom. The molecule has 0 unspecified atom stereocenters. The van der Waals surface area contributed by atoms with Gasteiger partial charge in [0.2, 0.25) is 0 Å². The molecule has 0 aromatic heterocycles. The van der Waals surface area contributed by atoms with Crippen LogP contribution in [0.5, 0.6) is 5.75 Å². The van der Waals surface area contributed by atoms with Gasteiger partial charge in [-0.05, 0) is 41.8 Å². The molecule has 0 aliphatic heterocycles. The van der Waals surface area contributed by atoms with Crippen LogP contribution in [0.15, 0.2) is 48.5 Å². The number of carbonyl (C=O) groups excluding carboxylic acids is 2. The van der Waals surface area contributed by atoms with Crippen LogP contribution in [0, 0.1) is 11.3 Å². The van der Waals surface area contributed by atoms with Crippen LogP contribution in [0.4, 0.5) is 0 Å². The van der Waals surface area contributed by atoms with E-state index < -0.39 is 5.97 Å². The highest BCUT2D eigenvalue weighted by atomic mass is 16.5. The SMILES string of the molecule is CC(=O)Oc1ccc(-c2ccc(C(=O)OCCCC#N)cc2)cc1. The lowest BCUT2D eigenvalue weighted by Gasteiger charge is -2.06. The van der Waals surface area contributed by atoms with Crippen molar-refractivity contribution in [2.75, 3.05) is 6.61 Å². The lowest BCUT2D eigenvalue weighted by Crippen LogP contribution is -2.06. The fourth-order valence-electron chi connectivity index (χ4n) is 2.08. The first kappa shape index (κ1) is 17.2. The molecule has 0 saturated heterocycles. The van der Waals surface area contributed by atoms with Crippen molar-refractivity contribution in [3.63, 3.8) is 0 Å². The maximum Gasteiger partial charge on any atom is 0.338 e. The van der Waals surface area contributed by atoms with Gasteiger partial charge in [0.05, 0.1) is 18.2 Å². The predicted octanol–water partition coefficient (Wildman–Crippen LogP) is 3.74. The molecule has 0 aliphatic rings. The second-order valence-electron chi connectivity index (χ2n) is 5.09. The van der Waals surface area contributed by atoms with Crippen molar-refractivity contribution < 1.29 is 19.1 Å². The minimum absolute atomic E-state index is 0.242. The van der Waals surface area contributed by atoms with Gasteiger partial charge >= 0.3 is 11.9 Å². The van der Waals surface area contributed by atoms with Crippen molar-refractivity contribution in [3.8, 4) is 22.9 Å². The molecule has 0 atom stereocenters. The lowest BCUT2D eigenvalue weighted by molar-refractivity contribution is -0.131. The number of benzene rings is 2. The molecule has 0 aliphatic carbocycles. The van der Waals surface area contributed by atoms with E-state index in [1.165, 1.54) is 6.92 Å². The Bertz CT molecular complexity index is 742. The van der Waals surface area contributed by atoms with Gasteiger partial charge in [0.1, 0.15) is 5.75 Å². The van der Waals surface area contributed by atoms with Gasteiger partial charge in [0.25, 0.3) is 0 Å². The number of ether oxygens (including phenoxy) is 2. The van der Waals surface area contributed by atoms with Crippen LogP contribution in [0.2, 0.25) is 0 Å². The van der Waals surface area contributed by atoms with E-state index in [1.807, 2.05) is 30.3 Å². The minimum Gasteiger partial charge on any atom is -0.462 e. The summed E-state index contributed by atoms with van der Waals surface area (Å²) >= 11 is 0. The van der Waals surface area contributed by atoms with E-state index in [0.29, 0.717) is 24.2 Å². The number of hydrogen-bond donors (Lipinski definition) is 0. The first-order valence-electron chi connectivity index (χ1n) is 7.53. The summed E-state index contributed by atoms with van der Waals surface area (Å²) in [5, 5.41) is 8.43. The van der Waals surface area contributed by atoms with Crippen molar-refractivity contribution in [1.82, 2.24) is 0 Å². The molecule has 24 heavy (non-hydrogen) atoms. The number of nitrogens with zero attached hydrogens (tertiary/aromatic N) is 1. The summed E-state index contributed by atoms with van der Waals surface area (Å²) in [5.74, 6) is -0.270. The van der Waals surface area contributed by atoms with E-state index >= 15 is 0 Å². The van der Waals surface area contributed by atoms with E-state index in [9.17, 15) is 9.59 Å². The molecule has 0 bridgehead atoms. The molecule has 0 radical (unpaired) electrons. The smallest absolute Gasteiger partial charge is 0.338 e. The fourth-order valence-corrected chi connectivity index (χ4v) is 2.08. The van der Waals surface area contributed by atoms with Gasteiger partial charge in [-0.3, -0.25) is 4.79 Å². The van der Waals surface area contributed by atoms with E-state index in [2.05, 4.69) is 0 Å². The summed E-state index contributed by atoms with van der Waals surface area (Å²) < 4.78 is 10.1. The van der Waals surface area contributed by atoms with Crippen LogP contribution in [0.25, 0.3) is 11.1 Å². The summed E-state index contributed by atoms with van der Waals surface area (Å²) in [6, 6.07) is 16.2. The summed E-state index contributed by atoms with van der Waals surface area (Å²) in [4.78, 5) is 22.7. The van der Waals surface area contributed by atoms with E-state index in [-0.39, 0.29) is 12.6 Å². The first-order chi connectivity index (χ1) is 11.6. The molecule has 0 spiro atoms. The fraction of sp³-hybridized carbons (Fsp3) is 0.211. The molecule has 0 fully saturated rings. The average molecular weight is 323 g/mol. The molecule has 122 valence electrons. The Morgan fingerprint density at radius 3 is 2.12 bits per heavy atom. The monoisotopic (exact) mass is 323 g/mol. The molecule has 2 aromatic rings. The number of hydrogen-bond acceptors (Lipinski definition) is 5. The lowest BCUT2D eigenvalue weighted by atomic mass is 10.0. The Labute approximate surface area is 140 Å². The first-order valence-corrected chi connectivity index (χ1v) is 7.53. The van der Waals surface area contributed by atoms with Crippen LogP contribution < -0.4 is 4.74 Å². The third-order valence-corrected chi connectivity index (χ3v) is 3.24. The average Bonchev–Trinajstić information content (AvgIpc) is 2.59. The van der Waals surface area contributed by atoms with Crippen molar-refractivity contribution >= 4 is 11.9 Å². The molecule has 2 aromatic carbocycles. The van der Waals surface area contributed by atoms with Gasteiger partial charge in [-0.1, -0.05) is 24.3 Å². The Hall–Kier alpha value is -3.13. The summed E-state index contributed by atoms with van der Waals surface area (Å²) in [5.41, 5.74) is 2.34. The summed E-state index contributed by atoms with van der Waals surface area (Å²) in [6.45, 7) is 1.60. The zero-order valence-corrected chi connectivity index (χ0v) is 13.3. The molecule has 2 rings (SSSR count). The molecule has 0 amide bonds. The van der Waals surface area contributed by atoms with Crippen LogP contribution in [-0.2, 0) is 9.53 Å². The normalized spacial score (nSPS) is 9.83. The van der Waals surface area contributed by atoms with Gasteiger partial charge in [0.15, 0.2) is 0 Å². The van der Waals surface area contributed by atoms with E-state index in [1.54, 1.807) is 24.3 Å². The summed E-state index contributed by atoms with van der Waals surface area (Å²) in [6.07, 6.45) is 0.907. The number of esters is 2. The van der Waals surface area contributed by atoms with Crippen LogP contribution in [0.3, 0.4) is 0 Å². The zero-order valence-electron chi connectivity index (χ0n) is 13.3. The van der Waals surface area contributed by atoms with Crippen LogP contribution in [-0.4, -0.2) is 18.5 Å². The Morgan fingerprint density at radius 1 is 1.00 bits per heavy atom. The maximum atomic E-state index is 11.8. The standard InChI is InChI=1S/C19H17NO4/c1-14(21)24-18-10-8-16(9-11-18)15-4-6-17(7-5-15)19(22)23-13-3-2-12-20/h4-11H,2-3,13H2,1H3. The second kappa shape index (κ2) is 8.49. The molecule has 0 saturated carbocycles. The Balaban J connectivity index is 1.99. The number of carbonyl (C=O) groups is 2. The van der Waals surface area contributed by atoms with Gasteiger partial charge in [-0.25, -0.2) is 4.79 Å². The molecule has 5 nitrogen and oxygen atoms in total. The molecule has 5 heteroatoms. The van der Waals surface area contributed by atoms with Crippen LogP contribution in [0.1, 0.15) is 30.1 Å². The quantitative estimate of drug-likeness (QED) is 0.460. The van der Waals surface area contributed by atoms with Gasteiger partial charge in [0, 0.05) is 13.3 Å². The van der Waals surface area contributed by atoms with Gasteiger partial charge in [-0.15, -0.1) is 0 Å². The molecular formula is C19H17NO4. The minimum atomic E-state index is -0.398.